The summed E-state index contributed by atoms with van der Waals surface area (Å²) < 4.78 is -1.91. The fourth-order valence-electron chi connectivity index (χ4n) is 1.12. The maximum atomic E-state index is 11.8. The van der Waals surface area contributed by atoms with Gasteiger partial charge in [0.05, 0.1) is 5.02 Å². The minimum Gasteiger partial charge on any atom is -0.388 e. The van der Waals surface area contributed by atoms with E-state index in [9.17, 15) is 9.90 Å². The second kappa shape index (κ2) is 5.96. The number of alkyl halides is 3. The highest BCUT2D eigenvalue weighted by atomic mass is 35.6. The van der Waals surface area contributed by atoms with Crippen molar-refractivity contribution in [2.45, 2.75) is 16.3 Å². The number of benzene rings is 1. The van der Waals surface area contributed by atoms with Gasteiger partial charge in [-0.2, -0.15) is 0 Å². The molecule has 0 aliphatic carbocycles. The Labute approximate surface area is 123 Å². The van der Waals surface area contributed by atoms with Crippen LogP contribution in [0.2, 0.25) is 10.0 Å². The molecule has 0 saturated heterocycles. The summed E-state index contributed by atoms with van der Waals surface area (Å²) in [5.74, 6) is -0.425. The zero-order valence-corrected chi connectivity index (χ0v) is 12.0. The zero-order chi connectivity index (χ0) is 13.2. The summed E-state index contributed by atoms with van der Waals surface area (Å²) in [5.41, 5.74) is 0.226. The fraction of sp³-hybridized carbons (Fsp3) is 0.300. The molecule has 0 aliphatic heterocycles. The number of aliphatic hydroxyl groups is 1. The van der Waals surface area contributed by atoms with Gasteiger partial charge in [-0.05, 0) is 18.2 Å². The number of hydrogen-bond donors (Lipinski definition) is 1. The van der Waals surface area contributed by atoms with Crippen molar-refractivity contribution in [3.8, 4) is 0 Å². The van der Waals surface area contributed by atoms with Crippen molar-refractivity contribution in [1.82, 2.24) is 0 Å². The third-order valence-electron chi connectivity index (χ3n) is 1.99. The monoisotopic (exact) mass is 334 g/mol. The lowest BCUT2D eigenvalue weighted by atomic mass is 10.1. The second-order valence-electron chi connectivity index (χ2n) is 3.31. The van der Waals surface area contributed by atoms with Crippen LogP contribution in [-0.2, 0) is 0 Å². The molecule has 0 unspecified atom stereocenters. The highest BCUT2D eigenvalue weighted by Gasteiger charge is 2.33. The Hall–Kier alpha value is 0.300. The zero-order valence-electron chi connectivity index (χ0n) is 8.26. The minimum absolute atomic E-state index is 0.194. The van der Waals surface area contributed by atoms with Crippen molar-refractivity contribution in [2.24, 2.45) is 0 Å². The average molecular weight is 336 g/mol. The number of hydrogen-bond acceptors (Lipinski definition) is 2. The van der Waals surface area contributed by atoms with Crippen LogP contribution >= 0.6 is 58.0 Å². The lowest BCUT2D eigenvalue weighted by Gasteiger charge is -2.18. The molecule has 1 rings (SSSR count). The van der Waals surface area contributed by atoms with Crippen LogP contribution in [0, 0.1) is 0 Å². The summed E-state index contributed by atoms with van der Waals surface area (Å²) in [6.45, 7) is 0. The first-order valence-electron chi connectivity index (χ1n) is 4.45. The molecule has 1 atom stereocenters. The van der Waals surface area contributed by atoms with Crippen LogP contribution in [0.5, 0.6) is 0 Å². The van der Waals surface area contributed by atoms with Gasteiger partial charge in [-0.15, -0.1) is 0 Å². The largest absolute Gasteiger partial charge is 0.388 e. The molecule has 7 heteroatoms. The molecule has 0 heterocycles. The maximum absolute atomic E-state index is 11.8. The first kappa shape index (κ1) is 15.4. The number of carbonyl (C=O) groups is 1. The Morgan fingerprint density at radius 3 is 2.35 bits per heavy atom. The summed E-state index contributed by atoms with van der Waals surface area (Å²) in [7, 11) is 0. The van der Waals surface area contributed by atoms with Crippen molar-refractivity contribution in [3.05, 3.63) is 33.8 Å². The van der Waals surface area contributed by atoms with Gasteiger partial charge < -0.3 is 5.11 Å². The Bertz CT molecular complexity index is 427. The Balaban J connectivity index is 2.84. The predicted octanol–water partition coefficient (Wildman–Crippen LogP) is 4.30. The number of rotatable bonds is 3. The van der Waals surface area contributed by atoms with E-state index in [0.29, 0.717) is 5.02 Å². The fourth-order valence-corrected chi connectivity index (χ4v) is 1.86. The molecule has 0 aliphatic rings. The van der Waals surface area contributed by atoms with Crippen molar-refractivity contribution >= 4 is 63.8 Å². The quantitative estimate of drug-likeness (QED) is 0.660. The molecule has 1 N–H and O–H groups in total. The normalized spacial score (nSPS) is 13.5. The van der Waals surface area contributed by atoms with Gasteiger partial charge >= 0.3 is 0 Å². The van der Waals surface area contributed by atoms with Crippen LogP contribution in [0.3, 0.4) is 0 Å². The van der Waals surface area contributed by atoms with Gasteiger partial charge in [0.25, 0.3) is 0 Å². The molecule has 1 aromatic rings. The summed E-state index contributed by atoms with van der Waals surface area (Å²) in [5, 5.41) is 10.1. The lowest BCUT2D eigenvalue weighted by Crippen LogP contribution is -2.28. The summed E-state index contributed by atoms with van der Waals surface area (Å²) >= 11 is 27.9. The summed E-state index contributed by atoms with van der Waals surface area (Å²) in [6.07, 6.45) is -1.73. The van der Waals surface area contributed by atoms with Crippen LogP contribution in [0.4, 0.5) is 0 Å². The Morgan fingerprint density at radius 2 is 1.88 bits per heavy atom. The third kappa shape index (κ3) is 4.47. The van der Waals surface area contributed by atoms with Gasteiger partial charge in [0, 0.05) is 17.0 Å². The predicted molar refractivity (Wildman–Crippen MR) is 71.7 cm³/mol. The average Bonchev–Trinajstić information content (AvgIpc) is 2.15. The molecule has 17 heavy (non-hydrogen) atoms. The highest BCUT2D eigenvalue weighted by Crippen LogP contribution is 2.33. The van der Waals surface area contributed by atoms with Gasteiger partial charge in [0.2, 0.25) is 3.79 Å². The topological polar surface area (TPSA) is 37.3 Å². The Morgan fingerprint density at radius 1 is 1.29 bits per heavy atom. The van der Waals surface area contributed by atoms with Crippen LogP contribution in [-0.4, -0.2) is 20.8 Å². The highest BCUT2D eigenvalue weighted by molar-refractivity contribution is 6.68. The van der Waals surface area contributed by atoms with Crippen LogP contribution in [0.1, 0.15) is 16.8 Å². The number of halogens is 5. The van der Waals surface area contributed by atoms with Crippen LogP contribution < -0.4 is 0 Å². The van der Waals surface area contributed by atoms with E-state index in [4.69, 9.17) is 58.0 Å². The van der Waals surface area contributed by atoms with Gasteiger partial charge in [-0.1, -0.05) is 58.0 Å². The van der Waals surface area contributed by atoms with E-state index >= 15 is 0 Å². The minimum atomic E-state index is -1.91. The van der Waals surface area contributed by atoms with Crippen molar-refractivity contribution < 1.29 is 9.90 Å². The molecule has 0 bridgehead atoms. The number of Topliss-reactive ketones (excluding diaryl/α,β-unsaturated/α-hetero) is 1. The van der Waals surface area contributed by atoms with Crippen molar-refractivity contribution in [1.29, 1.82) is 0 Å². The first-order valence-corrected chi connectivity index (χ1v) is 6.34. The van der Waals surface area contributed by atoms with Gasteiger partial charge in [-0.25, -0.2) is 0 Å². The van der Waals surface area contributed by atoms with Crippen molar-refractivity contribution in [2.75, 3.05) is 0 Å². The van der Waals surface area contributed by atoms with Gasteiger partial charge in [0.15, 0.2) is 5.78 Å². The van der Waals surface area contributed by atoms with Gasteiger partial charge in [-0.3, -0.25) is 4.79 Å². The molecule has 0 spiro atoms. The molecule has 0 saturated carbocycles. The van der Waals surface area contributed by atoms with Crippen LogP contribution in [0.15, 0.2) is 18.2 Å². The molecule has 0 fully saturated rings. The molecule has 0 radical (unpaired) electrons. The van der Waals surface area contributed by atoms with Gasteiger partial charge in [0.1, 0.15) is 6.10 Å². The summed E-state index contributed by atoms with van der Waals surface area (Å²) in [6, 6.07) is 4.40. The molecule has 1 aromatic carbocycles. The summed E-state index contributed by atoms with van der Waals surface area (Å²) in [4.78, 5) is 11.8. The molecule has 2 nitrogen and oxygen atoms in total. The number of carbonyl (C=O) groups excluding carboxylic acids is 1. The third-order valence-corrected chi connectivity index (χ3v) is 3.29. The SMILES string of the molecule is O=C(C[C@@H](O)C(Cl)(Cl)Cl)c1ccc(Cl)cc1Cl. The van der Waals surface area contributed by atoms with E-state index in [0.717, 1.165) is 0 Å². The molecule has 0 amide bonds. The molecule has 0 aromatic heterocycles. The van der Waals surface area contributed by atoms with E-state index < -0.39 is 15.7 Å². The maximum Gasteiger partial charge on any atom is 0.216 e. The van der Waals surface area contributed by atoms with E-state index in [-0.39, 0.29) is 17.0 Å². The second-order valence-corrected chi connectivity index (χ2v) is 6.52. The standard InChI is InChI=1S/C10H7Cl5O2/c11-5-1-2-6(7(12)3-5)8(16)4-9(17)10(13,14)15/h1-3,9,17H,4H2/t9-/m1/s1. The first-order chi connectivity index (χ1) is 7.71. The molecule has 94 valence electrons. The van der Waals surface area contributed by atoms with E-state index in [1.807, 2.05) is 0 Å². The molecular weight excluding hydrogens is 329 g/mol. The van der Waals surface area contributed by atoms with E-state index in [1.165, 1.54) is 18.2 Å². The molecular formula is C10H7Cl5O2. The number of aliphatic hydroxyl groups excluding tert-OH is 1. The van der Waals surface area contributed by atoms with Crippen LogP contribution in [0.25, 0.3) is 0 Å². The van der Waals surface area contributed by atoms with E-state index in [2.05, 4.69) is 0 Å². The lowest BCUT2D eigenvalue weighted by molar-refractivity contribution is 0.0885. The smallest absolute Gasteiger partial charge is 0.216 e. The number of ketones is 1. The Kier molecular flexibility index (Phi) is 5.39. The van der Waals surface area contributed by atoms with E-state index in [1.54, 1.807) is 0 Å². The van der Waals surface area contributed by atoms with Crippen molar-refractivity contribution in [3.63, 3.8) is 0 Å².